The topological polar surface area (TPSA) is 81.8 Å². The van der Waals surface area contributed by atoms with Crippen LogP contribution in [-0.2, 0) is 6.54 Å². The summed E-state index contributed by atoms with van der Waals surface area (Å²) in [6.45, 7) is 0.439. The fraction of sp³-hybridized carbons (Fsp3) is 0.0667. The molecule has 100 valence electrons. The van der Waals surface area contributed by atoms with Gasteiger partial charge in [0.15, 0.2) is 5.96 Å². The van der Waals surface area contributed by atoms with E-state index in [4.69, 9.17) is 11.1 Å². The average Bonchev–Trinajstić information content (AvgIpc) is 2.88. The van der Waals surface area contributed by atoms with Crippen molar-refractivity contribution in [2.24, 2.45) is 5.73 Å². The van der Waals surface area contributed by atoms with Crippen molar-refractivity contribution in [3.63, 3.8) is 0 Å². The second kappa shape index (κ2) is 5.05. The largest absolute Gasteiger partial charge is 0.370 e. The van der Waals surface area contributed by atoms with Crippen molar-refractivity contribution in [2.75, 3.05) is 4.90 Å². The van der Waals surface area contributed by atoms with Gasteiger partial charge in [0, 0.05) is 5.69 Å². The highest BCUT2D eigenvalue weighted by Gasteiger charge is 2.12. The second-order valence-corrected chi connectivity index (χ2v) is 4.51. The van der Waals surface area contributed by atoms with Gasteiger partial charge in [-0.1, -0.05) is 30.3 Å². The monoisotopic (exact) mass is 265 g/mol. The smallest absolute Gasteiger partial charge is 0.193 e. The fourth-order valence-electron chi connectivity index (χ4n) is 2.15. The average molecular weight is 265 g/mol. The summed E-state index contributed by atoms with van der Waals surface area (Å²) in [5.74, 6) is 0.780. The number of nitrogens with two attached hydrogens (primary N) is 1. The van der Waals surface area contributed by atoms with Crippen LogP contribution in [-0.4, -0.2) is 15.9 Å². The minimum atomic E-state index is -0.00310. The lowest BCUT2D eigenvalue weighted by Crippen LogP contribution is -2.36. The van der Waals surface area contributed by atoms with Crippen LogP contribution in [0, 0.1) is 5.41 Å². The number of imidazole rings is 1. The van der Waals surface area contributed by atoms with Crippen molar-refractivity contribution in [3.8, 4) is 0 Å². The van der Waals surface area contributed by atoms with E-state index in [-0.39, 0.29) is 5.96 Å². The van der Waals surface area contributed by atoms with Gasteiger partial charge in [-0.05, 0) is 24.3 Å². The quantitative estimate of drug-likeness (QED) is 0.502. The van der Waals surface area contributed by atoms with Crippen molar-refractivity contribution in [1.29, 1.82) is 5.41 Å². The number of nitrogens with zero attached hydrogens (tertiary/aromatic N) is 2. The molecule has 0 amide bonds. The molecule has 0 saturated carbocycles. The second-order valence-electron chi connectivity index (χ2n) is 4.51. The molecule has 2 aromatic carbocycles. The molecule has 1 aromatic heterocycles. The van der Waals surface area contributed by atoms with E-state index in [9.17, 15) is 0 Å². The molecule has 0 radical (unpaired) electrons. The molecule has 0 spiro atoms. The van der Waals surface area contributed by atoms with Crippen molar-refractivity contribution in [1.82, 2.24) is 9.97 Å². The Morgan fingerprint density at radius 1 is 1.10 bits per heavy atom. The van der Waals surface area contributed by atoms with Gasteiger partial charge in [0.05, 0.1) is 17.6 Å². The molecule has 0 saturated heterocycles. The highest BCUT2D eigenvalue weighted by Crippen LogP contribution is 2.17. The first kappa shape index (κ1) is 12.2. The Labute approximate surface area is 116 Å². The van der Waals surface area contributed by atoms with Crippen LogP contribution in [0.3, 0.4) is 0 Å². The van der Waals surface area contributed by atoms with Crippen LogP contribution in [0.25, 0.3) is 11.0 Å². The summed E-state index contributed by atoms with van der Waals surface area (Å²) in [5, 5.41) is 7.73. The van der Waals surface area contributed by atoms with Gasteiger partial charge in [-0.25, -0.2) is 4.98 Å². The Morgan fingerprint density at radius 2 is 1.80 bits per heavy atom. The van der Waals surface area contributed by atoms with Crippen LogP contribution in [0.1, 0.15) is 5.82 Å². The first-order valence-electron chi connectivity index (χ1n) is 6.34. The highest BCUT2D eigenvalue weighted by molar-refractivity contribution is 5.92. The Bertz CT molecular complexity index is 699. The molecule has 1 heterocycles. The summed E-state index contributed by atoms with van der Waals surface area (Å²) in [4.78, 5) is 9.46. The number of aromatic amines is 1. The molecule has 0 aliphatic heterocycles. The molecule has 0 fully saturated rings. The molecular weight excluding hydrogens is 250 g/mol. The molecular formula is C15H15N5. The van der Waals surface area contributed by atoms with E-state index in [0.29, 0.717) is 6.54 Å². The number of fused-ring (bicyclic) bond motifs is 1. The molecule has 0 atom stereocenters. The standard InChI is InChI=1S/C15H15N5/c16-15(17)20(11-6-2-1-3-7-11)10-14-18-12-8-4-5-9-13(12)19-14/h1-9H,10H2,(H3,16,17)(H,18,19). The van der Waals surface area contributed by atoms with Gasteiger partial charge >= 0.3 is 0 Å². The molecule has 0 aliphatic rings. The van der Waals surface area contributed by atoms with Gasteiger partial charge in [0.2, 0.25) is 0 Å². The fourth-order valence-corrected chi connectivity index (χ4v) is 2.15. The van der Waals surface area contributed by atoms with Crippen LogP contribution in [0.15, 0.2) is 54.6 Å². The number of hydrogen-bond acceptors (Lipinski definition) is 2. The zero-order valence-electron chi connectivity index (χ0n) is 10.9. The van der Waals surface area contributed by atoms with E-state index in [2.05, 4.69) is 9.97 Å². The number of para-hydroxylation sites is 3. The molecule has 3 aromatic rings. The molecule has 0 aliphatic carbocycles. The van der Waals surface area contributed by atoms with Gasteiger partial charge in [-0.3, -0.25) is 5.41 Å². The minimum Gasteiger partial charge on any atom is -0.370 e. The number of aromatic nitrogens is 2. The van der Waals surface area contributed by atoms with E-state index >= 15 is 0 Å². The van der Waals surface area contributed by atoms with E-state index < -0.39 is 0 Å². The van der Waals surface area contributed by atoms with Gasteiger partial charge < -0.3 is 15.6 Å². The van der Waals surface area contributed by atoms with Crippen LogP contribution >= 0.6 is 0 Å². The summed E-state index contributed by atoms with van der Waals surface area (Å²) in [7, 11) is 0. The highest BCUT2D eigenvalue weighted by atomic mass is 15.2. The van der Waals surface area contributed by atoms with Gasteiger partial charge in [-0.15, -0.1) is 0 Å². The van der Waals surface area contributed by atoms with Crippen LogP contribution in [0.2, 0.25) is 0 Å². The maximum absolute atomic E-state index is 7.73. The predicted molar refractivity (Wildman–Crippen MR) is 80.6 cm³/mol. The zero-order valence-corrected chi connectivity index (χ0v) is 10.9. The Balaban J connectivity index is 1.92. The molecule has 4 N–H and O–H groups in total. The summed E-state index contributed by atoms with van der Waals surface area (Å²) in [6, 6.07) is 17.5. The number of rotatable bonds is 3. The van der Waals surface area contributed by atoms with E-state index in [1.807, 2.05) is 54.6 Å². The van der Waals surface area contributed by atoms with Gasteiger partial charge in [0.1, 0.15) is 5.82 Å². The first-order chi connectivity index (χ1) is 9.74. The normalized spacial score (nSPS) is 10.6. The third-order valence-electron chi connectivity index (χ3n) is 3.10. The lowest BCUT2D eigenvalue weighted by Gasteiger charge is -2.21. The third kappa shape index (κ3) is 2.33. The van der Waals surface area contributed by atoms with E-state index in [0.717, 1.165) is 22.5 Å². The molecule has 0 unspecified atom stereocenters. The summed E-state index contributed by atoms with van der Waals surface area (Å²) in [6.07, 6.45) is 0. The van der Waals surface area contributed by atoms with Crippen molar-refractivity contribution in [2.45, 2.75) is 6.54 Å². The molecule has 5 nitrogen and oxygen atoms in total. The lowest BCUT2D eigenvalue weighted by atomic mass is 10.3. The Hall–Kier alpha value is -2.82. The van der Waals surface area contributed by atoms with Gasteiger partial charge in [0.25, 0.3) is 0 Å². The summed E-state index contributed by atoms with van der Waals surface area (Å²) >= 11 is 0. The number of benzene rings is 2. The maximum Gasteiger partial charge on any atom is 0.193 e. The van der Waals surface area contributed by atoms with E-state index in [1.165, 1.54) is 0 Å². The Kier molecular flexibility index (Phi) is 3.09. The van der Waals surface area contributed by atoms with Gasteiger partial charge in [-0.2, -0.15) is 0 Å². The predicted octanol–water partition coefficient (Wildman–Crippen LogP) is 2.46. The molecule has 3 rings (SSSR count). The molecule has 0 bridgehead atoms. The first-order valence-corrected chi connectivity index (χ1v) is 6.34. The minimum absolute atomic E-state index is 0.00310. The van der Waals surface area contributed by atoms with Crippen LogP contribution < -0.4 is 10.6 Å². The number of nitrogens with one attached hydrogen (secondary N) is 2. The van der Waals surface area contributed by atoms with Crippen molar-refractivity contribution in [3.05, 3.63) is 60.4 Å². The van der Waals surface area contributed by atoms with Crippen LogP contribution in [0.5, 0.6) is 0 Å². The summed E-state index contributed by atoms with van der Waals surface area (Å²) < 4.78 is 0. The Morgan fingerprint density at radius 3 is 2.50 bits per heavy atom. The number of anilines is 1. The van der Waals surface area contributed by atoms with Crippen LogP contribution in [0.4, 0.5) is 5.69 Å². The number of hydrogen-bond donors (Lipinski definition) is 3. The van der Waals surface area contributed by atoms with E-state index in [1.54, 1.807) is 4.90 Å². The van der Waals surface area contributed by atoms with Crippen molar-refractivity contribution >= 4 is 22.7 Å². The third-order valence-corrected chi connectivity index (χ3v) is 3.10. The zero-order chi connectivity index (χ0) is 13.9. The molecule has 20 heavy (non-hydrogen) atoms. The SMILES string of the molecule is N=C(N)N(Cc1nc2ccccc2[nH]1)c1ccccc1. The van der Waals surface area contributed by atoms with Crippen molar-refractivity contribution < 1.29 is 0 Å². The lowest BCUT2D eigenvalue weighted by molar-refractivity contribution is 0.911. The molecule has 5 heteroatoms. The number of guanidine groups is 1. The summed E-state index contributed by atoms with van der Waals surface area (Å²) in [5.41, 5.74) is 8.45. The maximum atomic E-state index is 7.73. The number of H-pyrrole nitrogens is 1.